The molecular weight excluding hydrogens is 264 g/mol. The maximum absolute atomic E-state index is 11.9. The van der Waals surface area contributed by atoms with Crippen molar-refractivity contribution < 1.29 is 4.79 Å². The molecule has 5 nitrogen and oxygen atoms in total. The number of carbonyl (C=O) groups excluding carboxylic acids is 1. The molecule has 1 heterocycles. The fourth-order valence-electron chi connectivity index (χ4n) is 2.04. The van der Waals surface area contributed by atoms with Crippen LogP contribution in [0.15, 0.2) is 60.9 Å². The average molecular weight is 278 g/mol. The number of benzene rings is 2. The van der Waals surface area contributed by atoms with Gasteiger partial charge in [0.25, 0.3) is 0 Å². The van der Waals surface area contributed by atoms with Gasteiger partial charge >= 0.3 is 0 Å². The summed E-state index contributed by atoms with van der Waals surface area (Å²) < 4.78 is 0. The van der Waals surface area contributed by atoms with Gasteiger partial charge < -0.3 is 10.6 Å². The molecule has 0 aliphatic heterocycles. The number of rotatable bonds is 4. The summed E-state index contributed by atoms with van der Waals surface area (Å²) in [5, 5.41) is 6.76. The first kappa shape index (κ1) is 13.1. The van der Waals surface area contributed by atoms with E-state index in [1.165, 1.54) is 6.33 Å². The zero-order chi connectivity index (χ0) is 14.5. The first-order valence-electron chi connectivity index (χ1n) is 6.61. The highest BCUT2D eigenvalue weighted by atomic mass is 16.1. The smallest absolute Gasteiger partial charge is 0.243 e. The van der Waals surface area contributed by atoms with E-state index < -0.39 is 0 Å². The van der Waals surface area contributed by atoms with Crippen LogP contribution in [0.25, 0.3) is 10.9 Å². The summed E-state index contributed by atoms with van der Waals surface area (Å²) in [4.78, 5) is 20.3. The summed E-state index contributed by atoms with van der Waals surface area (Å²) in [6.07, 6.45) is 1.49. The Hall–Kier alpha value is -2.95. The highest BCUT2D eigenvalue weighted by molar-refractivity contribution is 5.95. The lowest BCUT2D eigenvalue weighted by molar-refractivity contribution is -0.114. The van der Waals surface area contributed by atoms with Crippen LogP contribution in [0.5, 0.6) is 0 Å². The molecule has 0 spiro atoms. The Morgan fingerprint density at radius 3 is 2.57 bits per heavy atom. The van der Waals surface area contributed by atoms with Crippen molar-refractivity contribution in [2.75, 3.05) is 17.2 Å². The molecular formula is C16H14N4O. The fraction of sp³-hybridized carbons (Fsp3) is 0.0625. The summed E-state index contributed by atoms with van der Waals surface area (Å²) in [7, 11) is 0. The molecule has 2 N–H and O–H groups in total. The van der Waals surface area contributed by atoms with E-state index in [2.05, 4.69) is 20.6 Å². The predicted octanol–water partition coefficient (Wildman–Crippen LogP) is 2.68. The standard InChI is InChI=1S/C16H14N4O/c21-15(20-12-6-2-1-3-7-12)10-17-16-13-8-4-5-9-14(13)18-11-19-16/h1-9,11H,10H2,(H,20,21)(H,17,18,19). The van der Waals surface area contributed by atoms with Crippen LogP contribution in [0, 0.1) is 0 Å². The molecule has 0 aliphatic carbocycles. The average Bonchev–Trinajstić information content (AvgIpc) is 2.54. The third kappa shape index (κ3) is 3.14. The summed E-state index contributed by atoms with van der Waals surface area (Å²) >= 11 is 0. The molecule has 2 aromatic carbocycles. The molecule has 5 heteroatoms. The number of fused-ring (bicyclic) bond motifs is 1. The van der Waals surface area contributed by atoms with Crippen molar-refractivity contribution in [3.63, 3.8) is 0 Å². The normalized spacial score (nSPS) is 10.3. The molecule has 0 fully saturated rings. The van der Waals surface area contributed by atoms with Crippen LogP contribution in [0.2, 0.25) is 0 Å². The van der Waals surface area contributed by atoms with E-state index in [0.717, 1.165) is 16.6 Å². The van der Waals surface area contributed by atoms with E-state index in [4.69, 9.17) is 0 Å². The van der Waals surface area contributed by atoms with Gasteiger partial charge in [-0.2, -0.15) is 0 Å². The minimum atomic E-state index is -0.121. The Kier molecular flexibility index (Phi) is 3.73. The van der Waals surface area contributed by atoms with Gasteiger partial charge in [-0.25, -0.2) is 9.97 Å². The molecule has 0 aliphatic rings. The van der Waals surface area contributed by atoms with E-state index in [1.54, 1.807) is 0 Å². The number of hydrogen-bond acceptors (Lipinski definition) is 4. The number of para-hydroxylation sites is 2. The zero-order valence-corrected chi connectivity index (χ0v) is 11.3. The highest BCUT2D eigenvalue weighted by Crippen LogP contribution is 2.17. The second-order valence-electron chi connectivity index (χ2n) is 4.51. The number of carbonyl (C=O) groups is 1. The third-order valence-corrected chi connectivity index (χ3v) is 3.02. The van der Waals surface area contributed by atoms with Gasteiger partial charge in [0.05, 0.1) is 12.1 Å². The van der Waals surface area contributed by atoms with Crippen molar-refractivity contribution >= 4 is 28.3 Å². The van der Waals surface area contributed by atoms with Crippen LogP contribution >= 0.6 is 0 Å². The van der Waals surface area contributed by atoms with Gasteiger partial charge in [0, 0.05) is 11.1 Å². The zero-order valence-electron chi connectivity index (χ0n) is 11.3. The lowest BCUT2D eigenvalue weighted by Crippen LogP contribution is -2.22. The molecule has 0 unspecified atom stereocenters. The minimum Gasteiger partial charge on any atom is -0.360 e. The molecule has 21 heavy (non-hydrogen) atoms. The van der Waals surface area contributed by atoms with Crippen molar-refractivity contribution in [1.29, 1.82) is 0 Å². The lowest BCUT2D eigenvalue weighted by Gasteiger charge is -2.08. The van der Waals surface area contributed by atoms with Gasteiger partial charge in [0.2, 0.25) is 5.91 Å². The Labute approximate surface area is 122 Å². The summed E-state index contributed by atoms with van der Waals surface area (Å²) in [6.45, 7) is 0.149. The van der Waals surface area contributed by atoms with Crippen molar-refractivity contribution in [1.82, 2.24) is 9.97 Å². The molecule has 0 saturated heterocycles. The topological polar surface area (TPSA) is 66.9 Å². The van der Waals surface area contributed by atoms with E-state index in [1.807, 2.05) is 54.6 Å². The molecule has 0 atom stereocenters. The van der Waals surface area contributed by atoms with Gasteiger partial charge in [-0.1, -0.05) is 30.3 Å². The molecule has 0 bridgehead atoms. The lowest BCUT2D eigenvalue weighted by atomic mass is 10.2. The van der Waals surface area contributed by atoms with Crippen molar-refractivity contribution in [3.05, 3.63) is 60.9 Å². The van der Waals surface area contributed by atoms with Crippen LogP contribution in [0.4, 0.5) is 11.5 Å². The first-order valence-corrected chi connectivity index (χ1v) is 6.61. The number of nitrogens with one attached hydrogen (secondary N) is 2. The van der Waals surface area contributed by atoms with Crippen LogP contribution in [-0.4, -0.2) is 22.4 Å². The SMILES string of the molecule is O=C(CNc1ncnc2ccccc12)Nc1ccccc1. The van der Waals surface area contributed by atoms with Crippen molar-refractivity contribution in [2.24, 2.45) is 0 Å². The Balaban J connectivity index is 1.68. The number of hydrogen-bond donors (Lipinski definition) is 2. The summed E-state index contributed by atoms with van der Waals surface area (Å²) in [5.74, 6) is 0.535. The van der Waals surface area contributed by atoms with Crippen LogP contribution < -0.4 is 10.6 Å². The Morgan fingerprint density at radius 1 is 0.952 bits per heavy atom. The maximum Gasteiger partial charge on any atom is 0.243 e. The minimum absolute atomic E-state index is 0.121. The maximum atomic E-state index is 11.9. The van der Waals surface area contributed by atoms with Gasteiger partial charge in [0.1, 0.15) is 12.1 Å². The van der Waals surface area contributed by atoms with Crippen LogP contribution in [-0.2, 0) is 4.79 Å². The van der Waals surface area contributed by atoms with E-state index in [9.17, 15) is 4.79 Å². The monoisotopic (exact) mass is 278 g/mol. The molecule has 1 aromatic heterocycles. The fourth-order valence-corrected chi connectivity index (χ4v) is 2.04. The first-order chi connectivity index (χ1) is 10.3. The molecule has 104 valence electrons. The largest absolute Gasteiger partial charge is 0.360 e. The second-order valence-corrected chi connectivity index (χ2v) is 4.51. The number of amides is 1. The molecule has 0 saturated carbocycles. The van der Waals surface area contributed by atoms with E-state index in [-0.39, 0.29) is 12.5 Å². The summed E-state index contributed by atoms with van der Waals surface area (Å²) in [5.41, 5.74) is 1.62. The highest BCUT2D eigenvalue weighted by Gasteiger charge is 2.05. The Morgan fingerprint density at radius 2 is 1.71 bits per heavy atom. The quantitative estimate of drug-likeness (QED) is 0.770. The van der Waals surface area contributed by atoms with Crippen molar-refractivity contribution in [3.8, 4) is 0 Å². The molecule has 3 rings (SSSR count). The van der Waals surface area contributed by atoms with Gasteiger partial charge in [-0.05, 0) is 24.3 Å². The predicted molar refractivity (Wildman–Crippen MR) is 83.1 cm³/mol. The van der Waals surface area contributed by atoms with Crippen LogP contribution in [0.1, 0.15) is 0 Å². The Bertz CT molecular complexity index is 753. The number of anilines is 2. The van der Waals surface area contributed by atoms with Gasteiger partial charge in [-0.3, -0.25) is 4.79 Å². The summed E-state index contributed by atoms with van der Waals surface area (Å²) in [6, 6.07) is 17.0. The van der Waals surface area contributed by atoms with Gasteiger partial charge in [0.15, 0.2) is 0 Å². The second kappa shape index (κ2) is 6.00. The molecule has 3 aromatic rings. The number of nitrogens with zero attached hydrogens (tertiary/aromatic N) is 2. The third-order valence-electron chi connectivity index (χ3n) is 3.02. The van der Waals surface area contributed by atoms with E-state index >= 15 is 0 Å². The molecule has 0 radical (unpaired) electrons. The number of aromatic nitrogens is 2. The van der Waals surface area contributed by atoms with Crippen molar-refractivity contribution in [2.45, 2.75) is 0 Å². The molecule has 1 amide bonds. The van der Waals surface area contributed by atoms with Gasteiger partial charge in [-0.15, -0.1) is 0 Å². The van der Waals surface area contributed by atoms with Crippen LogP contribution in [0.3, 0.4) is 0 Å². The van der Waals surface area contributed by atoms with E-state index in [0.29, 0.717) is 5.82 Å².